The summed E-state index contributed by atoms with van der Waals surface area (Å²) in [7, 11) is -3.82. The van der Waals surface area contributed by atoms with Gasteiger partial charge in [-0.15, -0.1) is 11.6 Å². The molecule has 0 saturated carbocycles. The Morgan fingerprint density at radius 2 is 1.95 bits per heavy atom. The number of halogens is 4. The Balaban J connectivity index is 2.46. The van der Waals surface area contributed by atoms with Gasteiger partial charge in [-0.25, -0.2) is 8.42 Å². The van der Waals surface area contributed by atoms with Crippen molar-refractivity contribution >= 4 is 60.8 Å². The normalized spacial score (nSPS) is 24.2. The molecule has 2 atom stereocenters. The van der Waals surface area contributed by atoms with Crippen LogP contribution in [-0.4, -0.2) is 43.9 Å². The van der Waals surface area contributed by atoms with E-state index in [0.29, 0.717) is 4.47 Å². The summed E-state index contributed by atoms with van der Waals surface area (Å²) >= 11 is 21.2. The highest BCUT2D eigenvalue weighted by Crippen LogP contribution is 2.36. The second-order valence-corrected chi connectivity index (χ2v) is 8.60. The van der Waals surface area contributed by atoms with Gasteiger partial charge < -0.3 is 4.74 Å². The summed E-state index contributed by atoms with van der Waals surface area (Å²) < 4.78 is 33.1. The van der Waals surface area contributed by atoms with Crippen LogP contribution in [0.25, 0.3) is 0 Å². The van der Waals surface area contributed by atoms with Crippen molar-refractivity contribution < 1.29 is 13.2 Å². The Bertz CT molecular complexity index is 618. The first kappa shape index (κ1) is 17.8. The molecule has 2 unspecified atom stereocenters. The minimum absolute atomic E-state index is 0.0792. The molecule has 0 bridgehead atoms. The van der Waals surface area contributed by atoms with Crippen LogP contribution in [-0.2, 0) is 14.8 Å². The Morgan fingerprint density at radius 1 is 1.38 bits per heavy atom. The molecule has 0 spiro atoms. The molecule has 1 fully saturated rings. The lowest BCUT2D eigenvalue weighted by atomic mass is 10.2. The van der Waals surface area contributed by atoms with Gasteiger partial charge in [-0.3, -0.25) is 0 Å². The largest absolute Gasteiger partial charge is 0.374 e. The van der Waals surface area contributed by atoms with E-state index in [4.69, 9.17) is 39.5 Å². The third-order valence-electron chi connectivity index (χ3n) is 3.15. The zero-order valence-electron chi connectivity index (χ0n) is 11.0. The second kappa shape index (κ2) is 6.91. The Morgan fingerprint density at radius 3 is 2.48 bits per heavy atom. The molecule has 1 saturated heterocycles. The first-order chi connectivity index (χ1) is 9.77. The van der Waals surface area contributed by atoms with E-state index in [-0.39, 0.29) is 46.1 Å². The molecule has 1 aliphatic heterocycles. The van der Waals surface area contributed by atoms with Crippen molar-refractivity contribution in [2.75, 3.05) is 19.0 Å². The number of rotatable bonds is 3. The maximum absolute atomic E-state index is 12.9. The molecular weight excluding hydrogens is 424 g/mol. The highest BCUT2D eigenvalue weighted by Gasteiger charge is 2.37. The van der Waals surface area contributed by atoms with Crippen LogP contribution in [0, 0.1) is 0 Å². The van der Waals surface area contributed by atoms with Crippen LogP contribution in [0.1, 0.15) is 6.92 Å². The standard InChI is InChI=1S/C12H13BrCl3NO3S/c1-7-6-20-9(4-14)5-17(7)21(18,19)12-10(15)2-8(13)3-11(12)16/h2-3,7,9H,4-6H2,1H3. The molecule has 4 nitrogen and oxygen atoms in total. The van der Waals surface area contributed by atoms with E-state index in [1.54, 1.807) is 6.92 Å². The van der Waals surface area contributed by atoms with E-state index in [2.05, 4.69) is 15.9 Å². The number of benzene rings is 1. The van der Waals surface area contributed by atoms with E-state index in [9.17, 15) is 8.42 Å². The molecule has 9 heteroatoms. The third-order valence-corrected chi connectivity index (χ3v) is 6.85. The van der Waals surface area contributed by atoms with Gasteiger partial charge in [0, 0.05) is 22.9 Å². The van der Waals surface area contributed by atoms with E-state index in [1.165, 1.54) is 16.4 Å². The Hall–Kier alpha value is 0.440. The minimum atomic E-state index is -3.82. The molecular formula is C12H13BrCl3NO3S. The molecule has 0 aliphatic carbocycles. The molecule has 0 radical (unpaired) electrons. The summed E-state index contributed by atoms with van der Waals surface area (Å²) in [5, 5.41) is 0.158. The molecule has 0 amide bonds. The quantitative estimate of drug-likeness (QED) is 0.677. The van der Waals surface area contributed by atoms with Gasteiger partial charge in [-0.1, -0.05) is 39.1 Å². The Labute approximate surface area is 147 Å². The van der Waals surface area contributed by atoms with Crippen LogP contribution in [0.15, 0.2) is 21.5 Å². The monoisotopic (exact) mass is 435 g/mol. The van der Waals surface area contributed by atoms with Crippen molar-refractivity contribution in [3.8, 4) is 0 Å². The maximum Gasteiger partial charge on any atom is 0.246 e. The summed E-state index contributed by atoms with van der Waals surface area (Å²) in [6.45, 7) is 2.22. The predicted octanol–water partition coefficient (Wildman–Crippen LogP) is 3.77. The summed E-state index contributed by atoms with van der Waals surface area (Å²) in [5.74, 6) is 0.223. The lowest BCUT2D eigenvalue weighted by molar-refractivity contribution is -0.0152. The molecule has 2 rings (SSSR count). The molecule has 1 heterocycles. The summed E-state index contributed by atoms with van der Waals surface area (Å²) in [4.78, 5) is -0.0869. The zero-order chi connectivity index (χ0) is 15.8. The number of ether oxygens (including phenoxy) is 1. The van der Waals surface area contributed by atoms with Crippen LogP contribution in [0.5, 0.6) is 0 Å². The van der Waals surface area contributed by atoms with Gasteiger partial charge in [0.05, 0.1) is 22.8 Å². The SMILES string of the molecule is CC1COC(CCl)CN1S(=O)(=O)c1c(Cl)cc(Br)cc1Cl. The van der Waals surface area contributed by atoms with Gasteiger partial charge in [0.15, 0.2) is 0 Å². The average Bonchev–Trinajstić information content (AvgIpc) is 2.37. The van der Waals surface area contributed by atoms with Crippen LogP contribution in [0.3, 0.4) is 0 Å². The Kier molecular flexibility index (Phi) is 5.85. The molecule has 1 aliphatic rings. The van der Waals surface area contributed by atoms with Gasteiger partial charge in [-0.2, -0.15) is 4.31 Å². The number of hydrogen-bond acceptors (Lipinski definition) is 3. The number of hydrogen-bond donors (Lipinski definition) is 0. The van der Waals surface area contributed by atoms with Crippen molar-refractivity contribution in [2.45, 2.75) is 24.0 Å². The highest BCUT2D eigenvalue weighted by molar-refractivity contribution is 9.10. The molecule has 0 N–H and O–H groups in total. The fourth-order valence-electron chi connectivity index (χ4n) is 2.11. The fourth-order valence-corrected chi connectivity index (χ4v) is 5.84. The molecule has 21 heavy (non-hydrogen) atoms. The van der Waals surface area contributed by atoms with Crippen LogP contribution in [0.2, 0.25) is 10.0 Å². The van der Waals surface area contributed by atoms with Crippen LogP contribution in [0.4, 0.5) is 0 Å². The minimum Gasteiger partial charge on any atom is -0.374 e. The molecule has 1 aromatic carbocycles. The van der Waals surface area contributed by atoms with E-state index < -0.39 is 10.0 Å². The number of nitrogens with zero attached hydrogens (tertiary/aromatic N) is 1. The molecule has 1 aromatic rings. The first-order valence-corrected chi connectivity index (χ1v) is 9.63. The maximum atomic E-state index is 12.9. The smallest absolute Gasteiger partial charge is 0.246 e. The lowest BCUT2D eigenvalue weighted by Gasteiger charge is -2.36. The molecule has 118 valence electrons. The van der Waals surface area contributed by atoms with Crippen molar-refractivity contribution in [3.05, 3.63) is 26.7 Å². The van der Waals surface area contributed by atoms with E-state index >= 15 is 0 Å². The van der Waals surface area contributed by atoms with Crippen molar-refractivity contribution in [2.24, 2.45) is 0 Å². The van der Waals surface area contributed by atoms with Crippen molar-refractivity contribution in [1.82, 2.24) is 4.31 Å². The first-order valence-electron chi connectivity index (χ1n) is 6.11. The third kappa shape index (κ3) is 3.68. The van der Waals surface area contributed by atoms with Crippen LogP contribution >= 0.6 is 50.7 Å². The lowest BCUT2D eigenvalue weighted by Crippen LogP contribution is -2.51. The number of morpholine rings is 1. The summed E-state index contributed by atoms with van der Waals surface area (Å²) in [6.07, 6.45) is -0.342. The van der Waals surface area contributed by atoms with Gasteiger partial charge in [0.1, 0.15) is 4.90 Å². The highest BCUT2D eigenvalue weighted by atomic mass is 79.9. The van der Waals surface area contributed by atoms with Gasteiger partial charge in [0.2, 0.25) is 10.0 Å². The van der Waals surface area contributed by atoms with E-state index in [1.807, 2.05) is 0 Å². The van der Waals surface area contributed by atoms with Crippen molar-refractivity contribution in [1.29, 1.82) is 0 Å². The number of alkyl halides is 1. The van der Waals surface area contributed by atoms with E-state index in [0.717, 1.165) is 0 Å². The molecule has 0 aromatic heterocycles. The summed E-state index contributed by atoms with van der Waals surface area (Å²) in [5.41, 5.74) is 0. The number of sulfonamides is 1. The summed E-state index contributed by atoms with van der Waals surface area (Å²) in [6, 6.07) is 2.69. The predicted molar refractivity (Wildman–Crippen MR) is 88.0 cm³/mol. The second-order valence-electron chi connectivity index (χ2n) is 4.73. The van der Waals surface area contributed by atoms with Crippen LogP contribution < -0.4 is 0 Å². The zero-order valence-corrected chi connectivity index (χ0v) is 15.7. The average molecular weight is 438 g/mol. The topological polar surface area (TPSA) is 46.6 Å². The van der Waals surface area contributed by atoms with Gasteiger partial charge in [0.25, 0.3) is 0 Å². The fraction of sp³-hybridized carbons (Fsp3) is 0.500. The van der Waals surface area contributed by atoms with Crippen molar-refractivity contribution in [3.63, 3.8) is 0 Å². The van der Waals surface area contributed by atoms with Gasteiger partial charge in [-0.05, 0) is 19.1 Å². The van der Waals surface area contributed by atoms with Gasteiger partial charge >= 0.3 is 0 Å².